The first kappa shape index (κ1) is 17.1. The van der Waals surface area contributed by atoms with Crippen LogP contribution in [0.25, 0.3) is 5.76 Å². The number of benzene rings is 1. The minimum atomic E-state index is -0.283. The van der Waals surface area contributed by atoms with Gasteiger partial charge < -0.3 is 15.2 Å². The highest BCUT2D eigenvalue weighted by atomic mass is 32.2. The van der Waals surface area contributed by atoms with Gasteiger partial charge in [-0.05, 0) is 25.1 Å². The Bertz CT molecular complexity index is 741. The molecule has 0 saturated carbocycles. The number of thiocarbonyl (C=S) groups is 1. The summed E-state index contributed by atoms with van der Waals surface area (Å²) in [7, 11) is 0. The Hall–Kier alpha value is -2.29. The lowest BCUT2D eigenvalue weighted by molar-refractivity contribution is -0.115. The van der Waals surface area contributed by atoms with Crippen molar-refractivity contribution in [2.24, 2.45) is 0 Å². The molecule has 0 aromatic heterocycles. The summed E-state index contributed by atoms with van der Waals surface area (Å²) < 4.78 is 5.99. The molecule has 0 unspecified atom stereocenters. The molecule has 1 aromatic rings. The smallest absolute Gasteiger partial charge is 0.263 e. The Balaban J connectivity index is 2.16. The Morgan fingerprint density at radius 1 is 1.52 bits per heavy atom. The first-order valence-corrected chi connectivity index (χ1v) is 7.68. The van der Waals surface area contributed by atoms with Crippen LogP contribution in [0.3, 0.4) is 0 Å². The molecule has 0 bridgehead atoms. The largest absolute Gasteiger partial charge is 0.507 e. The maximum Gasteiger partial charge on any atom is 0.263 e. The Kier molecular flexibility index (Phi) is 5.43. The molecule has 1 aliphatic rings. The summed E-state index contributed by atoms with van der Waals surface area (Å²) >= 11 is 6.06. The van der Waals surface area contributed by atoms with Gasteiger partial charge in [0, 0.05) is 12.1 Å². The number of ether oxygens (including phenoxy) is 1. The summed E-state index contributed by atoms with van der Waals surface area (Å²) in [6.07, 6.45) is 3.21. The van der Waals surface area contributed by atoms with Crippen molar-refractivity contribution < 1.29 is 19.8 Å². The molecule has 1 amide bonds. The van der Waals surface area contributed by atoms with Gasteiger partial charge in [0.1, 0.15) is 21.6 Å². The predicted molar refractivity (Wildman–Crippen MR) is 93.8 cm³/mol. The van der Waals surface area contributed by atoms with Crippen molar-refractivity contribution in [3.63, 3.8) is 0 Å². The SMILES string of the molecule is C=C(OC(=C\C)/C=C1/SC(=S)NC1=O)c1ccc(NO)cc1O. The number of nitrogens with one attached hydrogen (secondary N) is 2. The van der Waals surface area contributed by atoms with E-state index in [2.05, 4.69) is 11.9 Å². The highest BCUT2D eigenvalue weighted by molar-refractivity contribution is 8.26. The van der Waals surface area contributed by atoms with E-state index in [9.17, 15) is 9.90 Å². The van der Waals surface area contributed by atoms with Crippen molar-refractivity contribution in [3.8, 4) is 5.75 Å². The highest BCUT2D eigenvalue weighted by Gasteiger charge is 2.22. The molecule has 0 atom stereocenters. The molecule has 23 heavy (non-hydrogen) atoms. The zero-order valence-corrected chi connectivity index (χ0v) is 13.8. The number of hydrogen-bond acceptors (Lipinski definition) is 7. The van der Waals surface area contributed by atoms with Crippen LogP contribution in [-0.2, 0) is 9.53 Å². The van der Waals surface area contributed by atoms with Crippen molar-refractivity contribution in [1.82, 2.24) is 5.32 Å². The second-order valence-electron chi connectivity index (χ2n) is 4.41. The van der Waals surface area contributed by atoms with Crippen molar-refractivity contribution >= 4 is 45.7 Å². The summed E-state index contributed by atoms with van der Waals surface area (Å²) in [5.41, 5.74) is 2.63. The molecular weight excluding hydrogens is 336 g/mol. The average molecular weight is 350 g/mol. The number of anilines is 1. The Morgan fingerprint density at radius 2 is 2.26 bits per heavy atom. The van der Waals surface area contributed by atoms with Gasteiger partial charge in [0.05, 0.1) is 16.2 Å². The number of thioether (sulfide) groups is 1. The van der Waals surface area contributed by atoms with E-state index >= 15 is 0 Å². The van der Waals surface area contributed by atoms with Crippen LogP contribution in [0.4, 0.5) is 5.69 Å². The third kappa shape index (κ3) is 4.13. The van der Waals surface area contributed by atoms with Gasteiger partial charge in [-0.15, -0.1) is 0 Å². The topological polar surface area (TPSA) is 90.8 Å². The van der Waals surface area contributed by atoms with Crippen LogP contribution in [0, 0.1) is 0 Å². The normalized spacial score (nSPS) is 16.4. The fraction of sp³-hybridized carbons (Fsp3) is 0.0667. The molecule has 0 aliphatic carbocycles. The molecule has 1 saturated heterocycles. The minimum Gasteiger partial charge on any atom is -0.507 e. The number of phenols is 1. The standard InChI is InChI=1S/C15H14N2O4S2/c1-3-10(7-13-14(19)16-15(22)23-13)21-8(2)11-5-4-9(17-20)6-12(11)18/h3-7,17-18,20H,2H2,1H3,(H,16,19,22)/b10-3-,13-7+. The monoisotopic (exact) mass is 350 g/mol. The molecule has 8 heteroatoms. The first-order valence-electron chi connectivity index (χ1n) is 6.46. The lowest BCUT2D eigenvalue weighted by atomic mass is 10.1. The Morgan fingerprint density at radius 3 is 2.78 bits per heavy atom. The first-order chi connectivity index (χ1) is 10.9. The zero-order valence-electron chi connectivity index (χ0n) is 12.1. The van der Waals surface area contributed by atoms with E-state index in [1.165, 1.54) is 6.07 Å². The van der Waals surface area contributed by atoms with Gasteiger partial charge in [0.25, 0.3) is 5.91 Å². The van der Waals surface area contributed by atoms with E-state index in [4.69, 9.17) is 22.2 Å². The maximum absolute atomic E-state index is 11.7. The number of allylic oxidation sites excluding steroid dienone is 2. The van der Waals surface area contributed by atoms with Gasteiger partial charge in [-0.1, -0.05) is 30.6 Å². The lowest BCUT2D eigenvalue weighted by Gasteiger charge is -2.12. The van der Waals surface area contributed by atoms with Crippen LogP contribution < -0.4 is 10.8 Å². The number of aromatic hydroxyl groups is 1. The molecule has 0 spiro atoms. The van der Waals surface area contributed by atoms with Gasteiger partial charge in [0.2, 0.25) is 0 Å². The summed E-state index contributed by atoms with van der Waals surface area (Å²) in [6.45, 7) is 5.51. The molecule has 2 rings (SSSR count). The zero-order chi connectivity index (χ0) is 17.0. The molecule has 1 heterocycles. The summed E-state index contributed by atoms with van der Waals surface area (Å²) in [5.74, 6) is 0.199. The van der Waals surface area contributed by atoms with E-state index in [0.717, 1.165) is 11.8 Å². The quantitative estimate of drug-likeness (QED) is 0.281. The molecule has 1 aliphatic heterocycles. The van der Waals surface area contributed by atoms with Crippen molar-refractivity contribution in [2.45, 2.75) is 6.92 Å². The minimum absolute atomic E-state index is 0.105. The predicted octanol–water partition coefficient (Wildman–Crippen LogP) is 3.12. The molecule has 1 fully saturated rings. The Labute approximate surface area is 142 Å². The van der Waals surface area contributed by atoms with Gasteiger partial charge in [0.15, 0.2) is 0 Å². The molecular formula is C15H14N2O4S2. The number of carbonyl (C=O) groups is 1. The van der Waals surface area contributed by atoms with Crippen LogP contribution in [0.2, 0.25) is 0 Å². The number of carbonyl (C=O) groups excluding carboxylic acids is 1. The molecule has 4 N–H and O–H groups in total. The summed E-state index contributed by atoms with van der Waals surface area (Å²) in [6, 6.07) is 4.43. The lowest BCUT2D eigenvalue weighted by Crippen LogP contribution is -2.17. The average Bonchev–Trinajstić information content (AvgIpc) is 2.83. The highest BCUT2D eigenvalue weighted by Crippen LogP contribution is 2.31. The second-order valence-corrected chi connectivity index (χ2v) is 6.13. The fourth-order valence-corrected chi connectivity index (χ4v) is 2.78. The van der Waals surface area contributed by atoms with E-state index in [1.807, 2.05) is 5.48 Å². The molecule has 1 aromatic carbocycles. The van der Waals surface area contributed by atoms with E-state index in [-0.39, 0.29) is 17.4 Å². The molecule has 6 nitrogen and oxygen atoms in total. The third-order valence-corrected chi connectivity index (χ3v) is 4.03. The van der Waals surface area contributed by atoms with E-state index in [0.29, 0.717) is 26.2 Å². The van der Waals surface area contributed by atoms with Gasteiger partial charge in [-0.25, -0.2) is 0 Å². The van der Waals surface area contributed by atoms with Gasteiger partial charge in [-0.2, -0.15) is 0 Å². The summed E-state index contributed by atoms with van der Waals surface area (Å²) in [5, 5.41) is 21.2. The molecule has 0 radical (unpaired) electrons. The van der Waals surface area contributed by atoms with Crippen LogP contribution >= 0.6 is 24.0 Å². The number of rotatable bonds is 5. The van der Waals surface area contributed by atoms with Gasteiger partial charge in [-0.3, -0.25) is 15.5 Å². The van der Waals surface area contributed by atoms with Crippen LogP contribution in [0.15, 0.2) is 47.6 Å². The van der Waals surface area contributed by atoms with E-state index in [1.54, 1.807) is 31.2 Å². The van der Waals surface area contributed by atoms with Crippen LogP contribution in [-0.4, -0.2) is 20.5 Å². The fourth-order valence-electron chi connectivity index (χ4n) is 1.76. The van der Waals surface area contributed by atoms with Crippen molar-refractivity contribution in [2.75, 3.05) is 5.48 Å². The maximum atomic E-state index is 11.7. The number of phenolic OH excluding ortho intramolecular Hbond substituents is 1. The number of hydrogen-bond donors (Lipinski definition) is 4. The van der Waals surface area contributed by atoms with Gasteiger partial charge >= 0.3 is 0 Å². The van der Waals surface area contributed by atoms with Crippen LogP contribution in [0.5, 0.6) is 5.75 Å². The van der Waals surface area contributed by atoms with Crippen molar-refractivity contribution in [1.29, 1.82) is 0 Å². The third-order valence-electron chi connectivity index (χ3n) is 2.87. The molecule has 120 valence electrons. The van der Waals surface area contributed by atoms with E-state index < -0.39 is 0 Å². The van der Waals surface area contributed by atoms with Crippen molar-refractivity contribution in [3.05, 3.63) is 53.2 Å². The van der Waals surface area contributed by atoms with Crippen LogP contribution in [0.1, 0.15) is 12.5 Å². The number of amides is 1. The summed E-state index contributed by atoms with van der Waals surface area (Å²) in [4.78, 5) is 12.1. The second kappa shape index (κ2) is 7.32.